The lowest BCUT2D eigenvalue weighted by molar-refractivity contribution is -0.137. The lowest BCUT2D eigenvalue weighted by atomic mass is 10.2. The molecule has 1 rings (SSSR count). The minimum absolute atomic E-state index is 0.255. The van der Waals surface area contributed by atoms with Gasteiger partial charge in [-0.1, -0.05) is 6.07 Å². The summed E-state index contributed by atoms with van der Waals surface area (Å²) in [4.78, 5) is 11.4. The molecule has 1 unspecified atom stereocenters. The van der Waals surface area contributed by atoms with Crippen molar-refractivity contribution < 1.29 is 18.0 Å². The predicted octanol–water partition coefficient (Wildman–Crippen LogP) is 2.64. The molecule has 0 aliphatic heterocycles. The molecule has 1 aromatic rings. The highest BCUT2D eigenvalue weighted by atomic mass is 19.4. The third-order valence-corrected chi connectivity index (χ3v) is 2.32. The number of amides is 1. The molecule has 100 valence electrons. The summed E-state index contributed by atoms with van der Waals surface area (Å²) in [5, 5.41) is 5.31. The maximum Gasteiger partial charge on any atom is 0.416 e. The van der Waals surface area contributed by atoms with Crippen molar-refractivity contribution >= 4 is 11.6 Å². The van der Waals surface area contributed by atoms with E-state index in [1.165, 1.54) is 12.1 Å². The van der Waals surface area contributed by atoms with Crippen LogP contribution in [0.2, 0.25) is 0 Å². The number of hydrogen-bond donors (Lipinski definition) is 2. The standard InChI is InChI=1S/C12H15F3N2O/c1-3-16-11(18)8(2)17-10-6-4-5-9(7-10)12(13,14)15/h4-8,17H,3H2,1-2H3,(H,16,18). The third-order valence-electron chi connectivity index (χ3n) is 2.32. The largest absolute Gasteiger partial charge is 0.416 e. The van der Waals surface area contributed by atoms with Crippen molar-refractivity contribution in [3.63, 3.8) is 0 Å². The Hall–Kier alpha value is -1.72. The summed E-state index contributed by atoms with van der Waals surface area (Å²) in [5.74, 6) is -0.255. The smallest absolute Gasteiger partial charge is 0.374 e. The Morgan fingerprint density at radius 2 is 2.06 bits per heavy atom. The number of benzene rings is 1. The van der Waals surface area contributed by atoms with Crippen LogP contribution in [0.5, 0.6) is 0 Å². The van der Waals surface area contributed by atoms with Crippen molar-refractivity contribution in [3.05, 3.63) is 29.8 Å². The molecule has 6 heteroatoms. The van der Waals surface area contributed by atoms with Crippen LogP contribution < -0.4 is 10.6 Å². The summed E-state index contributed by atoms with van der Waals surface area (Å²) in [5.41, 5.74) is -0.473. The number of anilines is 1. The highest BCUT2D eigenvalue weighted by molar-refractivity contribution is 5.84. The Kier molecular flexibility index (Phi) is 4.58. The minimum atomic E-state index is -4.38. The van der Waals surface area contributed by atoms with Gasteiger partial charge in [-0.15, -0.1) is 0 Å². The molecule has 1 atom stereocenters. The number of hydrogen-bond acceptors (Lipinski definition) is 2. The summed E-state index contributed by atoms with van der Waals surface area (Å²) in [6.07, 6.45) is -4.38. The number of halogens is 3. The molecule has 1 aromatic carbocycles. The molecule has 0 saturated carbocycles. The minimum Gasteiger partial charge on any atom is -0.374 e. The van der Waals surface area contributed by atoms with Crippen LogP contribution in [0, 0.1) is 0 Å². The van der Waals surface area contributed by atoms with Gasteiger partial charge in [0.15, 0.2) is 0 Å². The fourth-order valence-corrected chi connectivity index (χ4v) is 1.43. The number of carbonyl (C=O) groups excluding carboxylic acids is 1. The molecule has 2 N–H and O–H groups in total. The first-order valence-corrected chi connectivity index (χ1v) is 5.56. The molecule has 0 spiro atoms. The topological polar surface area (TPSA) is 41.1 Å². The molecule has 0 aliphatic rings. The van der Waals surface area contributed by atoms with Crippen LogP contribution >= 0.6 is 0 Å². The van der Waals surface area contributed by atoms with Crippen molar-refractivity contribution in [2.75, 3.05) is 11.9 Å². The van der Waals surface area contributed by atoms with E-state index in [9.17, 15) is 18.0 Å². The van der Waals surface area contributed by atoms with Crippen molar-refractivity contribution in [1.29, 1.82) is 0 Å². The van der Waals surface area contributed by atoms with Gasteiger partial charge in [0.2, 0.25) is 5.91 Å². The van der Waals surface area contributed by atoms with Gasteiger partial charge in [0.05, 0.1) is 5.56 Å². The van der Waals surface area contributed by atoms with Gasteiger partial charge in [0, 0.05) is 12.2 Å². The van der Waals surface area contributed by atoms with E-state index in [0.29, 0.717) is 6.54 Å². The Morgan fingerprint density at radius 1 is 1.39 bits per heavy atom. The zero-order chi connectivity index (χ0) is 13.8. The van der Waals surface area contributed by atoms with E-state index in [1.54, 1.807) is 13.8 Å². The van der Waals surface area contributed by atoms with Crippen LogP contribution in [0.15, 0.2) is 24.3 Å². The fourth-order valence-electron chi connectivity index (χ4n) is 1.43. The molecule has 0 fully saturated rings. The number of nitrogens with one attached hydrogen (secondary N) is 2. The highest BCUT2D eigenvalue weighted by Gasteiger charge is 2.30. The molecule has 0 aromatic heterocycles. The lowest BCUT2D eigenvalue weighted by Crippen LogP contribution is -2.37. The maximum absolute atomic E-state index is 12.5. The first kappa shape index (κ1) is 14.3. The second kappa shape index (κ2) is 5.75. The Bertz CT molecular complexity index is 418. The summed E-state index contributed by atoms with van der Waals surface area (Å²) < 4.78 is 37.4. The van der Waals surface area contributed by atoms with Crippen LogP contribution in [0.4, 0.5) is 18.9 Å². The van der Waals surface area contributed by atoms with E-state index in [-0.39, 0.29) is 11.6 Å². The first-order valence-electron chi connectivity index (χ1n) is 5.56. The molecule has 1 amide bonds. The van der Waals surface area contributed by atoms with Crippen molar-refractivity contribution in [2.45, 2.75) is 26.1 Å². The number of rotatable bonds is 4. The van der Waals surface area contributed by atoms with Gasteiger partial charge in [-0.2, -0.15) is 13.2 Å². The molecule has 0 bridgehead atoms. The van der Waals surface area contributed by atoms with Crippen LogP contribution in [-0.2, 0) is 11.0 Å². The van der Waals surface area contributed by atoms with Gasteiger partial charge in [0.25, 0.3) is 0 Å². The van der Waals surface area contributed by atoms with Gasteiger partial charge >= 0.3 is 6.18 Å². The SMILES string of the molecule is CCNC(=O)C(C)Nc1cccc(C(F)(F)F)c1. The fraction of sp³-hybridized carbons (Fsp3) is 0.417. The first-order chi connectivity index (χ1) is 8.34. The van der Waals surface area contributed by atoms with Crippen LogP contribution in [0.3, 0.4) is 0 Å². The van der Waals surface area contributed by atoms with E-state index >= 15 is 0 Å². The number of likely N-dealkylation sites (N-methyl/N-ethyl adjacent to an activating group) is 1. The normalized spacial score (nSPS) is 12.9. The van der Waals surface area contributed by atoms with Gasteiger partial charge in [-0.3, -0.25) is 4.79 Å². The van der Waals surface area contributed by atoms with E-state index in [1.807, 2.05) is 0 Å². The van der Waals surface area contributed by atoms with E-state index in [4.69, 9.17) is 0 Å². The van der Waals surface area contributed by atoms with E-state index in [0.717, 1.165) is 12.1 Å². The van der Waals surface area contributed by atoms with Gasteiger partial charge in [-0.25, -0.2) is 0 Å². The second-order valence-electron chi connectivity index (χ2n) is 3.84. The monoisotopic (exact) mass is 260 g/mol. The van der Waals surface area contributed by atoms with Gasteiger partial charge in [-0.05, 0) is 32.0 Å². The highest BCUT2D eigenvalue weighted by Crippen LogP contribution is 2.30. The zero-order valence-corrected chi connectivity index (χ0v) is 10.1. The Labute approximate surface area is 103 Å². The maximum atomic E-state index is 12.5. The second-order valence-corrected chi connectivity index (χ2v) is 3.84. The lowest BCUT2D eigenvalue weighted by Gasteiger charge is -2.15. The summed E-state index contributed by atoms with van der Waals surface area (Å²) in [6.45, 7) is 3.84. The van der Waals surface area contributed by atoms with Gasteiger partial charge in [0.1, 0.15) is 6.04 Å². The van der Waals surface area contributed by atoms with E-state index < -0.39 is 17.8 Å². The number of carbonyl (C=O) groups is 1. The molecule has 0 saturated heterocycles. The third kappa shape index (κ3) is 3.94. The molecule has 3 nitrogen and oxygen atoms in total. The quantitative estimate of drug-likeness (QED) is 0.873. The average molecular weight is 260 g/mol. The van der Waals surface area contributed by atoms with Crippen LogP contribution in [0.25, 0.3) is 0 Å². The average Bonchev–Trinajstić information content (AvgIpc) is 2.28. The predicted molar refractivity (Wildman–Crippen MR) is 63.2 cm³/mol. The summed E-state index contributed by atoms with van der Waals surface area (Å²) in [6, 6.07) is 4.17. The van der Waals surface area contributed by atoms with Crippen LogP contribution in [0.1, 0.15) is 19.4 Å². The van der Waals surface area contributed by atoms with Crippen LogP contribution in [-0.4, -0.2) is 18.5 Å². The summed E-state index contributed by atoms with van der Waals surface area (Å²) in [7, 11) is 0. The zero-order valence-electron chi connectivity index (χ0n) is 10.1. The van der Waals surface area contributed by atoms with Gasteiger partial charge < -0.3 is 10.6 Å². The van der Waals surface area contributed by atoms with Crippen molar-refractivity contribution in [1.82, 2.24) is 5.32 Å². The molecule has 0 heterocycles. The summed E-state index contributed by atoms with van der Waals surface area (Å²) >= 11 is 0. The Morgan fingerprint density at radius 3 is 2.61 bits per heavy atom. The molecule has 18 heavy (non-hydrogen) atoms. The molecular formula is C12H15F3N2O. The van der Waals surface area contributed by atoms with Crippen molar-refractivity contribution in [3.8, 4) is 0 Å². The number of alkyl halides is 3. The Balaban J connectivity index is 2.76. The van der Waals surface area contributed by atoms with Crippen molar-refractivity contribution in [2.24, 2.45) is 0 Å². The molecular weight excluding hydrogens is 245 g/mol. The van der Waals surface area contributed by atoms with E-state index in [2.05, 4.69) is 10.6 Å². The molecule has 0 radical (unpaired) electrons. The molecule has 0 aliphatic carbocycles.